The molecule has 0 aliphatic carbocycles. The lowest BCUT2D eigenvalue weighted by Crippen LogP contribution is -2.36. The number of cyclic esters (lactones) is 1. The van der Waals surface area contributed by atoms with Gasteiger partial charge in [-0.05, 0) is 25.9 Å². The van der Waals surface area contributed by atoms with Crippen LogP contribution in [0.4, 0.5) is 16.4 Å². The first kappa shape index (κ1) is 14.2. The molecule has 0 radical (unpaired) electrons. The molecule has 2 fully saturated rings. The molecule has 23 heavy (non-hydrogen) atoms. The predicted molar refractivity (Wildman–Crippen MR) is 79.4 cm³/mol. The first-order chi connectivity index (χ1) is 11.2. The van der Waals surface area contributed by atoms with E-state index in [2.05, 4.69) is 20.6 Å². The zero-order valence-electron chi connectivity index (χ0n) is 12.4. The van der Waals surface area contributed by atoms with Crippen molar-refractivity contribution in [2.45, 2.75) is 18.9 Å². The van der Waals surface area contributed by atoms with Gasteiger partial charge in [0.05, 0.1) is 12.7 Å². The van der Waals surface area contributed by atoms with Gasteiger partial charge in [0.15, 0.2) is 18.2 Å². The molecule has 3 aliphatic rings. The first-order valence-corrected chi connectivity index (χ1v) is 7.69. The van der Waals surface area contributed by atoms with Gasteiger partial charge >= 0.3 is 6.09 Å². The van der Waals surface area contributed by atoms with Crippen molar-refractivity contribution in [3.63, 3.8) is 0 Å². The molecular weight excluding hydrogens is 302 g/mol. The Morgan fingerprint density at radius 3 is 2.91 bits per heavy atom. The molecule has 9 nitrogen and oxygen atoms in total. The number of piperidine rings is 1. The van der Waals surface area contributed by atoms with Gasteiger partial charge in [-0.2, -0.15) is 0 Å². The van der Waals surface area contributed by atoms with Crippen molar-refractivity contribution < 1.29 is 19.1 Å². The topological polar surface area (TPSA) is 106 Å². The third-order valence-electron chi connectivity index (χ3n) is 4.35. The van der Waals surface area contributed by atoms with Crippen molar-refractivity contribution in [1.82, 2.24) is 15.3 Å². The molecule has 2 N–H and O–H groups in total. The van der Waals surface area contributed by atoms with Crippen molar-refractivity contribution in [3.05, 3.63) is 6.20 Å². The van der Waals surface area contributed by atoms with Gasteiger partial charge in [0.2, 0.25) is 0 Å². The molecule has 0 spiro atoms. The predicted octanol–water partition coefficient (Wildman–Crippen LogP) is 0.132. The number of carbonyl (C=O) groups is 2. The van der Waals surface area contributed by atoms with Gasteiger partial charge < -0.3 is 20.1 Å². The molecule has 2 saturated heterocycles. The van der Waals surface area contributed by atoms with E-state index in [0.717, 1.165) is 25.9 Å². The van der Waals surface area contributed by atoms with E-state index < -0.39 is 6.09 Å². The number of hydrogen-bond acceptors (Lipinski definition) is 7. The summed E-state index contributed by atoms with van der Waals surface area (Å²) in [5, 5.41) is 5.89. The lowest BCUT2D eigenvalue weighted by molar-refractivity contribution is -0.118. The van der Waals surface area contributed by atoms with Crippen LogP contribution in [0.15, 0.2) is 6.20 Å². The number of amides is 2. The van der Waals surface area contributed by atoms with Crippen LogP contribution in [0, 0.1) is 5.92 Å². The highest BCUT2D eigenvalue weighted by Crippen LogP contribution is 2.30. The van der Waals surface area contributed by atoms with Gasteiger partial charge in [-0.25, -0.2) is 14.8 Å². The van der Waals surface area contributed by atoms with E-state index in [1.807, 2.05) is 0 Å². The highest BCUT2D eigenvalue weighted by molar-refractivity contribution is 5.94. The smallest absolute Gasteiger partial charge is 0.416 e. The second kappa shape index (κ2) is 5.65. The molecule has 0 saturated carbocycles. The van der Waals surface area contributed by atoms with Crippen LogP contribution in [0.3, 0.4) is 0 Å². The van der Waals surface area contributed by atoms with E-state index in [-0.39, 0.29) is 30.3 Å². The van der Waals surface area contributed by atoms with Crippen molar-refractivity contribution in [3.8, 4) is 5.88 Å². The quantitative estimate of drug-likeness (QED) is 0.798. The number of aromatic nitrogens is 2. The summed E-state index contributed by atoms with van der Waals surface area (Å²) in [4.78, 5) is 33.4. The summed E-state index contributed by atoms with van der Waals surface area (Å²) in [5.41, 5.74) is 0. The highest BCUT2D eigenvalue weighted by Gasteiger charge is 2.38. The maximum Gasteiger partial charge on any atom is 0.416 e. The lowest BCUT2D eigenvalue weighted by Gasteiger charge is -2.26. The molecule has 2 amide bonds. The minimum Gasteiger partial charge on any atom is -0.465 e. The van der Waals surface area contributed by atoms with Crippen molar-refractivity contribution >= 4 is 23.6 Å². The Morgan fingerprint density at radius 2 is 2.09 bits per heavy atom. The van der Waals surface area contributed by atoms with Crippen LogP contribution in [0.5, 0.6) is 5.88 Å². The molecule has 0 bridgehead atoms. The van der Waals surface area contributed by atoms with Crippen LogP contribution < -0.4 is 20.3 Å². The second-order valence-electron chi connectivity index (χ2n) is 5.84. The molecular formula is C14H17N5O4. The number of nitrogens with zero attached hydrogens (tertiary/aromatic N) is 3. The molecule has 1 atom stereocenters. The zero-order valence-corrected chi connectivity index (χ0v) is 12.4. The van der Waals surface area contributed by atoms with Crippen LogP contribution in [0.25, 0.3) is 0 Å². The summed E-state index contributed by atoms with van der Waals surface area (Å²) >= 11 is 0. The number of anilines is 2. The molecule has 122 valence electrons. The largest absolute Gasteiger partial charge is 0.465 e. The third kappa shape index (κ3) is 2.67. The summed E-state index contributed by atoms with van der Waals surface area (Å²) in [6, 6.07) is 0. The van der Waals surface area contributed by atoms with E-state index in [1.165, 1.54) is 11.1 Å². The number of nitrogens with one attached hydrogen (secondary N) is 2. The van der Waals surface area contributed by atoms with E-state index >= 15 is 0 Å². The Labute approximate surface area is 132 Å². The summed E-state index contributed by atoms with van der Waals surface area (Å²) < 4.78 is 10.7. The SMILES string of the molecule is O=C1COc2ncc(N3CC(C4CCNCC4)OC3=O)nc2N1. The lowest BCUT2D eigenvalue weighted by atomic mass is 9.92. The summed E-state index contributed by atoms with van der Waals surface area (Å²) in [7, 11) is 0. The first-order valence-electron chi connectivity index (χ1n) is 7.69. The molecule has 4 heterocycles. The fraction of sp³-hybridized carbons (Fsp3) is 0.571. The summed E-state index contributed by atoms with van der Waals surface area (Å²) in [5.74, 6) is 0.919. The standard InChI is InChI=1S/C14H17N5O4/c20-11-7-22-13-12(18-11)17-10(5-16-13)19-6-9(23-14(19)21)8-1-3-15-4-2-8/h5,8-9,15H,1-4,6-7H2,(H,17,18,20). The fourth-order valence-electron chi connectivity index (χ4n) is 3.12. The Morgan fingerprint density at radius 1 is 1.26 bits per heavy atom. The summed E-state index contributed by atoms with van der Waals surface area (Å²) in [6.45, 7) is 2.26. The molecule has 1 aromatic heterocycles. The van der Waals surface area contributed by atoms with Gasteiger partial charge in [0.25, 0.3) is 11.8 Å². The number of ether oxygens (including phenoxy) is 2. The minimum absolute atomic E-state index is 0.0788. The van der Waals surface area contributed by atoms with E-state index in [0.29, 0.717) is 18.3 Å². The average Bonchev–Trinajstić information content (AvgIpc) is 2.97. The van der Waals surface area contributed by atoms with Gasteiger partial charge in [-0.15, -0.1) is 0 Å². The van der Waals surface area contributed by atoms with Crippen LogP contribution in [0.2, 0.25) is 0 Å². The Kier molecular flexibility index (Phi) is 3.49. The van der Waals surface area contributed by atoms with Gasteiger partial charge in [0, 0.05) is 5.92 Å². The fourth-order valence-corrected chi connectivity index (χ4v) is 3.12. The summed E-state index contributed by atoms with van der Waals surface area (Å²) in [6.07, 6.45) is 2.89. The maximum atomic E-state index is 12.2. The maximum absolute atomic E-state index is 12.2. The number of rotatable bonds is 2. The molecule has 9 heteroatoms. The van der Waals surface area contributed by atoms with Crippen molar-refractivity contribution in [1.29, 1.82) is 0 Å². The van der Waals surface area contributed by atoms with Crippen LogP contribution in [-0.2, 0) is 9.53 Å². The molecule has 3 aliphatic heterocycles. The number of hydrogen-bond donors (Lipinski definition) is 2. The second-order valence-corrected chi connectivity index (χ2v) is 5.84. The molecule has 1 aromatic rings. The van der Waals surface area contributed by atoms with Gasteiger partial charge in [-0.1, -0.05) is 0 Å². The minimum atomic E-state index is -0.425. The number of carbonyl (C=O) groups excluding carboxylic acids is 2. The van der Waals surface area contributed by atoms with Crippen LogP contribution in [-0.4, -0.2) is 54.3 Å². The van der Waals surface area contributed by atoms with Gasteiger partial charge in [-0.3, -0.25) is 9.69 Å². The monoisotopic (exact) mass is 319 g/mol. The molecule has 0 aromatic carbocycles. The Hall–Kier alpha value is -2.42. The normalized spacial score (nSPS) is 24.7. The molecule has 4 rings (SSSR count). The van der Waals surface area contributed by atoms with Crippen LogP contribution in [0.1, 0.15) is 12.8 Å². The van der Waals surface area contributed by atoms with Crippen molar-refractivity contribution in [2.24, 2.45) is 5.92 Å². The Bertz CT molecular complexity index is 646. The highest BCUT2D eigenvalue weighted by atomic mass is 16.6. The van der Waals surface area contributed by atoms with E-state index in [4.69, 9.17) is 9.47 Å². The van der Waals surface area contributed by atoms with Crippen LogP contribution >= 0.6 is 0 Å². The average molecular weight is 319 g/mol. The third-order valence-corrected chi connectivity index (χ3v) is 4.35. The zero-order chi connectivity index (χ0) is 15.8. The molecule has 1 unspecified atom stereocenters. The van der Waals surface area contributed by atoms with E-state index in [9.17, 15) is 9.59 Å². The van der Waals surface area contributed by atoms with Gasteiger partial charge in [0.1, 0.15) is 6.10 Å². The van der Waals surface area contributed by atoms with E-state index in [1.54, 1.807) is 0 Å². The van der Waals surface area contributed by atoms with Crippen molar-refractivity contribution in [2.75, 3.05) is 36.5 Å². The Balaban J connectivity index is 1.52. The number of fused-ring (bicyclic) bond motifs is 1.